The summed E-state index contributed by atoms with van der Waals surface area (Å²) in [7, 11) is 0. The monoisotopic (exact) mass is 194 g/mol. The molecule has 0 N–H and O–H groups in total. The van der Waals surface area contributed by atoms with Crippen LogP contribution in [0.4, 0.5) is 0 Å². The molecule has 3 atom stereocenters. The molecule has 0 radical (unpaired) electrons. The van der Waals surface area contributed by atoms with Crippen LogP contribution in [-0.2, 0) is 0 Å². The average Bonchev–Trinajstić information content (AvgIpc) is 2.83. The van der Waals surface area contributed by atoms with Crippen LogP contribution in [0.15, 0.2) is 0 Å². The standard InChI is InChI=1S/C14H26/c1-9(2)12-7-8-13(11-5-6-11)14(12)10(3)4/h9-14H,5-8H2,1-4H3. The van der Waals surface area contributed by atoms with E-state index < -0.39 is 0 Å². The third-order valence-electron chi connectivity index (χ3n) is 4.68. The SMILES string of the molecule is CC(C)C1CCC(C2CC2)C1C(C)C. The van der Waals surface area contributed by atoms with Crippen LogP contribution < -0.4 is 0 Å². The Kier molecular flexibility index (Phi) is 2.91. The number of hydrogen-bond acceptors (Lipinski definition) is 0. The van der Waals surface area contributed by atoms with E-state index in [0.29, 0.717) is 0 Å². The van der Waals surface area contributed by atoms with E-state index in [1.165, 1.54) is 12.8 Å². The fourth-order valence-corrected chi connectivity index (χ4v) is 3.93. The minimum absolute atomic E-state index is 0.908. The van der Waals surface area contributed by atoms with Crippen LogP contribution in [0.2, 0.25) is 0 Å². The number of hydrogen-bond donors (Lipinski definition) is 0. The maximum absolute atomic E-state index is 2.45. The lowest BCUT2D eigenvalue weighted by Gasteiger charge is -2.31. The van der Waals surface area contributed by atoms with Gasteiger partial charge in [-0.2, -0.15) is 0 Å². The second-order valence-corrected chi connectivity index (χ2v) is 6.31. The predicted molar refractivity (Wildman–Crippen MR) is 62.1 cm³/mol. The van der Waals surface area contributed by atoms with Crippen LogP contribution in [-0.4, -0.2) is 0 Å². The molecule has 2 rings (SSSR count). The molecule has 3 unspecified atom stereocenters. The molecule has 2 fully saturated rings. The van der Waals surface area contributed by atoms with E-state index in [0.717, 1.165) is 35.5 Å². The van der Waals surface area contributed by atoms with Gasteiger partial charge in [-0.15, -0.1) is 0 Å². The lowest BCUT2D eigenvalue weighted by molar-refractivity contribution is 0.176. The summed E-state index contributed by atoms with van der Waals surface area (Å²) in [5, 5.41) is 0. The molecule has 0 aromatic heterocycles. The first-order valence-electron chi connectivity index (χ1n) is 6.61. The normalized spacial score (nSPS) is 38.6. The Hall–Kier alpha value is 0. The van der Waals surface area contributed by atoms with Crippen LogP contribution >= 0.6 is 0 Å². The van der Waals surface area contributed by atoms with Gasteiger partial charge in [0, 0.05) is 0 Å². The van der Waals surface area contributed by atoms with Gasteiger partial charge in [0.15, 0.2) is 0 Å². The van der Waals surface area contributed by atoms with Crippen LogP contribution in [0, 0.1) is 35.5 Å². The van der Waals surface area contributed by atoms with Crippen molar-refractivity contribution in [1.29, 1.82) is 0 Å². The Morgan fingerprint density at radius 2 is 1.43 bits per heavy atom. The van der Waals surface area contributed by atoms with E-state index in [1.54, 1.807) is 12.8 Å². The Bertz CT molecular complexity index is 178. The number of rotatable bonds is 3. The summed E-state index contributed by atoms with van der Waals surface area (Å²) in [4.78, 5) is 0. The largest absolute Gasteiger partial charge is 0.0625 e. The van der Waals surface area contributed by atoms with E-state index in [-0.39, 0.29) is 0 Å². The molecular formula is C14H26. The van der Waals surface area contributed by atoms with Gasteiger partial charge in [0.1, 0.15) is 0 Å². The van der Waals surface area contributed by atoms with Crippen LogP contribution in [0.3, 0.4) is 0 Å². The van der Waals surface area contributed by atoms with Gasteiger partial charge in [0.2, 0.25) is 0 Å². The summed E-state index contributed by atoms with van der Waals surface area (Å²) in [6.45, 7) is 9.74. The first-order chi connectivity index (χ1) is 6.61. The third-order valence-corrected chi connectivity index (χ3v) is 4.68. The summed E-state index contributed by atoms with van der Waals surface area (Å²) < 4.78 is 0. The van der Waals surface area contributed by atoms with Crippen molar-refractivity contribution in [2.45, 2.75) is 53.4 Å². The lowest BCUT2D eigenvalue weighted by Crippen LogP contribution is -2.25. The molecule has 0 heterocycles. The van der Waals surface area contributed by atoms with Crippen molar-refractivity contribution in [2.75, 3.05) is 0 Å². The van der Waals surface area contributed by atoms with Crippen molar-refractivity contribution < 1.29 is 0 Å². The summed E-state index contributed by atoms with van der Waals surface area (Å²) in [5.41, 5.74) is 0. The summed E-state index contributed by atoms with van der Waals surface area (Å²) >= 11 is 0. The molecule has 0 aromatic rings. The second-order valence-electron chi connectivity index (χ2n) is 6.31. The molecule has 82 valence electrons. The highest BCUT2D eigenvalue weighted by Gasteiger charge is 2.45. The molecule has 2 saturated carbocycles. The Morgan fingerprint density at radius 1 is 0.786 bits per heavy atom. The molecule has 0 saturated heterocycles. The Balaban J connectivity index is 2.06. The molecule has 0 nitrogen and oxygen atoms in total. The lowest BCUT2D eigenvalue weighted by atomic mass is 9.74. The molecule has 0 aromatic carbocycles. The average molecular weight is 194 g/mol. The van der Waals surface area contributed by atoms with Gasteiger partial charge < -0.3 is 0 Å². The first-order valence-corrected chi connectivity index (χ1v) is 6.61. The summed E-state index contributed by atoms with van der Waals surface area (Å²) in [6.07, 6.45) is 6.13. The smallest absolute Gasteiger partial charge is 0.0329 e. The van der Waals surface area contributed by atoms with Crippen molar-refractivity contribution in [3.8, 4) is 0 Å². The topological polar surface area (TPSA) is 0 Å². The second kappa shape index (κ2) is 3.87. The van der Waals surface area contributed by atoms with E-state index in [1.807, 2.05) is 0 Å². The van der Waals surface area contributed by atoms with Gasteiger partial charge in [-0.3, -0.25) is 0 Å². The van der Waals surface area contributed by atoms with Gasteiger partial charge in [-0.1, -0.05) is 27.7 Å². The highest BCUT2D eigenvalue weighted by Crippen LogP contribution is 2.54. The third kappa shape index (κ3) is 1.85. The molecule has 0 amide bonds. The van der Waals surface area contributed by atoms with Crippen molar-refractivity contribution in [3.63, 3.8) is 0 Å². The minimum Gasteiger partial charge on any atom is -0.0625 e. The van der Waals surface area contributed by atoms with Crippen molar-refractivity contribution in [3.05, 3.63) is 0 Å². The maximum Gasteiger partial charge on any atom is -0.0329 e. The molecule has 0 bridgehead atoms. The predicted octanol–water partition coefficient (Wildman–Crippen LogP) is 4.35. The Labute approximate surface area is 89.5 Å². The van der Waals surface area contributed by atoms with Gasteiger partial charge in [-0.25, -0.2) is 0 Å². The summed E-state index contributed by atoms with van der Waals surface area (Å²) in [5.74, 6) is 6.12. The van der Waals surface area contributed by atoms with Crippen molar-refractivity contribution in [1.82, 2.24) is 0 Å². The first kappa shape index (κ1) is 10.5. The van der Waals surface area contributed by atoms with Crippen LogP contribution in [0.25, 0.3) is 0 Å². The molecule has 0 spiro atoms. The molecule has 2 aliphatic carbocycles. The zero-order valence-corrected chi connectivity index (χ0v) is 10.3. The molecule has 0 heteroatoms. The van der Waals surface area contributed by atoms with Crippen molar-refractivity contribution in [2.24, 2.45) is 35.5 Å². The van der Waals surface area contributed by atoms with Crippen LogP contribution in [0.1, 0.15) is 53.4 Å². The summed E-state index contributed by atoms with van der Waals surface area (Å²) in [6, 6.07) is 0. The van der Waals surface area contributed by atoms with Gasteiger partial charge in [0.05, 0.1) is 0 Å². The van der Waals surface area contributed by atoms with Gasteiger partial charge >= 0.3 is 0 Å². The van der Waals surface area contributed by atoms with Gasteiger partial charge in [0.25, 0.3) is 0 Å². The molecule has 2 aliphatic rings. The van der Waals surface area contributed by atoms with Crippen molar-refractivity contribution >= 4 is 0 Å². The molecule has 0 aliphatic heterocycles. The van der Waals surface area contributed by atoms with E-state index >= 15 is 0 Å². The highest BCUT2D eigenvalue weighted by molar-refractivity contribution is 4.95. The Morgan fingerprint density at radius 3 is 1.86 bits per heavy atom. The zero-order valence-electron chi connectivity index (χ0n) is 10.3. The van der Waals surface area contributed by atoms with Crippen LogP contribution in [0.5, 0.6) is 0 Å². The van der Waals surface area contributed by atoms with E-state index in [9.17, 15) is 0 Å². The fraction of sp³-hybridized carbons (Fsp3) is 1.00. The van der Waals surface area contributed by atoms with Gasteiger partial charge in [-0.05, 0) is 61.2 Å². The molecule has 14 heavy (non-hydrogen) atoms. The fourth-order valence-electron chi connectivity index (χ4n) is 3.93. The maximum atomic E-state index is 2.45. The zero-order chi connectivity index (χ0) is 10.3. The van der Waals surface area contributed by atoms with E-state index in [2.05, 4.69) is 27.7 Å². The highest BCUT2D eigenvalue weighted by atomic mass is 14.5. The van der Waals surface area contributed by atoms with E-state index in [4.69, 9.17) is 0 Å². The molecular weight excluding hydrogens is 168 g/mol. The quantitative estimate of drug-likeness (QED) is 0.626. The minimum atomic E-state index is 0.908.